The fraction of sp³-hybridized carbons (Fsp3) is 0.263. The smallest absolute Gasteiger partial charge is 0.339 e. The zero-order valence-electron chi connectivity index (χ0n) is 14.9. The molecule has 0 aromatic heterocycles. The Hall–Kier alpha value is -2.61. The summed E-state index contributed by atoms with van der Waals surface area (Å²) in [7, 11) is 3.11. The molecule has 0 saturated carbocycles. The topological polar surface area (TPSA) is 73.9 Å². The van der Waals surface area contributed by atoms with E-state index in [4.69, 9.17) is 14.2 Å². The van der Waals surface area contributed by atoms with Crippen molar-refractivity contribution in [2.24, 2.45) is 0 Å². The normalized spacial score (nSPS) is 10.2. The van der Waals surface area contributed by atoms with Crippen LogP contribution in [0.3, 0.4) is 0 Å². The highest BCUT2D eigenvalue weighted by Gasteiger charge is 2.14. The van der Waals surface area contributed by atoms with Gasteiger partial charge in [-0.2, -0.15) is 0 Å². The Balaban J connectivity index is 1.78. The van der Waals surface area contributed by atoms with Crippen molar-refractivity contribution < 1.29 is 28.2 Å². The molecule has 0 atom stereocenters. The number of nitrogens with one attached hydrogen (secondary N) is 1. The first-order chi connectivity index (χ1) is 12.9. The maximum atomic E-state index is 13.0. The molecule has 6 nitrogen and oxygen atoms in total. The number of benzene rings is 2. The lowest BCUT2D eigenvalue weighted by Gasteiger charge is -2.10. The van der Waals surface area contributed by atoms with Crippen LogP contribution in [0.1, 0.15) is 15.9 Å². The van der Waals surface area contributed by atoms with Crippen LogP contribution in [0.5, 0.6) is 11.5 Å². The fourth-order valence-corrected chi connectivity index (χ4v) is 2.81. The monoisotopic (exact) mass is 439 g/mol. The molecule has 0 unspecified atom stereocenters. The van der Waals surface area contributed by atoms with E-state index in [1.807, 2.05) is 12.1 Å². The van der Waals surface area contributed by atoms with Gasteiger partial charge in [0.1, 0.15) is 5.82 Å². The number of esters is 1. The van der Waals surface area contributed by atoms with Gasteiger partial charge in [0.15, 0.2) is 18.1 Å². The van der Waals surface area contributed by atoms with Gasteiger partial charge in [0.25, 0.3) is 5.91 Å². The Morgan fingerprint density at radius 2 is 1.81 bits per heavy atom. The van der Waals surface area contributed by atoms with E-state index in [2.05, 4.69) is 21.2 Å². The first-order valence-corrected chi connectivity index (χ1v) is 8.83. The van der Waals surface area contributed by atoms with Crippen LogP contribution >= 0.6 is 15.9 Å². The van der Waals surface area contributed by atoms with Crippen molar-refractivity contribution in [3.63, 3.8) is 0 Å². The second-order valence-corrected chi connectivity index (χ2v) is 6.34. The third-order valence-electron chi connectivity index (χ3n) is 3.67. The van der Waals surface area contributed by atoms with Gasteiger partial charge in [0.2, 0.25) is 0 Å². The number of amides is 1. The Kier molecular flexibility index (Phi) is 7.60. The second kappa shape index (κ2) is 9.91. The van der Waals surface area contributed by atoms with Crippen LogP contribution in [0.15, 0.2) is 40.9 Å². The molecule has 8 heteroatoms. The number of rotatable bonds is 8. The predicted molar refractivity (Wildman–Crippen MR) is 101 cm³/mol. The van der Waals surface area contributed by atoms with Crippen molar-refractivity contribution in [1.82, 2.24) is 5.32 Å². The number of carbonyl (C=O) groups excluding carboxylic acids is 2. The third kappa shape index (κ3) is 5.96. The largest absolute Gasteiger partial charge is 0.493 e. The Morgan fingerprint density at radius 3 is 2.48 bits per heavy atom. The highest BCUT2D eigenvalue weighted by atomic mass is 79.9. The number of hydrogen-bond donors (Lipinski definition) is 1. The maximum Gasteiger partial charge on any atom is 0.339 e. The molecular formula is C19H19BrFNO5. The van der Waals surface area contributed by atoms with Crippen molar-refractivity contribution >= 4 is 27.8 Å². The minimum absolute atomic E-state index is 0.148. The van der Waals surface area contributed by atoms with E-state index in [9.17, 15) is 14.0 Å². The van der Waals surface area contributed by atoms with Gasteiger partial charge in [0, 0.05) is 11.0 Å². The first-order valence-electron chi connectivity index (χ1n) is 8.04. The molecule has 1 amide bonds. The van der Waals surface area contributed by atoms with Crippen LogP contribution in [-0.2, 0) is 16.0 Å². The summed E-state index contributed by atoms with van der Waals surface area (Å²) < 4.78 is 28.6. The quantitative estimate of drug-likeness (QED) is 0.639. The lowest BCUT2D eigenvalue weighted by molar-refractivity contribution is -0.124. The molecule has 2 aromatic carbocycles. The summed E-state index contributed by atoms with van der Waals surface area (Å²) in [4.78, 5) is 23.8. The van der Waals surface area contributed by atoms with E-state index >= 15 is 0 Å². The fourth-order valence-electron chi connectivity index (χ4n) is 2.30. The summed E-state index contributed by atoms with van der Waals surface area (Å²) in [5.74, 6) is -0.380. The van der Waals surface area contributed by atoms with Crippen LogP contribution in [0.2, 0.25) is 0 Å². The molecule has 2 aromatic rings. The van der Waals surface area contributed by atoms with E-state index in [0.717, 1.165) is 17.7 Å². The molecule has 144 valence electrons. The molecule has 0 saturated heterocycles. The number of hydrogen-bond acceptors (Lipinski definition) is 5. The van der Waals surface area contributed by atoms with Crippen molar-refractivity contribution in [2.45, 2.75) is 6.42 Å². The SMILES string of the molecule is COc1ccc(CCNC(=O)COC(=O)c2ccc(F)cc2Br)cc1OC. The van der Waals surface area contributed by atoms with Gasteiger partial charge in [-0.3, -0.25) is 4.79 Å². The van der Waals surface area contributed by atoms with Gasteiger partial charge in [-0.25, -0.2) is 9.18 Å². The van der Waals surface area contributed by atoms with E-state index < -0.39 is 24.3 Å². The van der Waals surface area contributed by atoms with E-state index in [0.29, 0.717) is 24.5 Å². The van der Waals surface area contributed by atoms with Crippen LogP contribution in [0, 0.1) is 5.82 Å². The van der Waals surface area contributed by atoms with E-state index in [-0.39, 0.29) is 10.0 Å². The molecule has 1 N–H and O–H groups in total. The Bertz CT molecular complexity index is 828. The van der Waals surface area contributed by atoms with Gasteiger partial charge in [0.05, 0.1) is 19.8 Å². The van der Waals surface area contributed by atoms with Crippen LogP contribution in [-0.4, -0.2) is 39.2 Å². The van der Waals surface area contributed by atoms with E-state index in [1.165, 1.54) is 6.07 Å². The summed E-state index contributed by atoms with van der Waals surface area (Å²) in [6, 6.07) is 9.08. The summed E-state index contributed by atoms with van der Waals surface area (Å²) in [6.07, 6.45) is 0.573. The van der Waals surface area contributed by atoms with Crippen molar-refractivity contribution in [3.8, 4) is 11.5 Å². The zero-order chi connectivity index (χ0) is 19.8. The van der Waals surface area contributed by atoms with Crippen molar-refractivity contribution in [3.05, 3.63) is 57.8 Å². The summed E-state index contributed by atoms with van der Waals surface area (Å²) in [6.45, 7) is -0.0549. The predicted octanol–water partition coefficient (Wildman–Crippen LogP) is 3.12. The standard InChI is InChI=1S/C19H19BrFNO5/c1-25-16-6-3-12(9-17(16)26-2)7-8-22-18(23)11-27-19(24)14-5-4-13(21)10-15(14)20/h3-6,9-10H,7-8,11H2,1-2H3,(H,22,23). The third-order valence-corrected chi connectivity index (χ3v) is 4.33. The summed E-state index contributed by atoms with van der Waals surface area (Å²) >= 11 is 3.08. The average Bonchev–Trinajstić information content (AvgIpc) is 2.66. The molecule has 2 rings (SSSR count). The lowest BCUT2D eigenvalue weighted by atomic mass is 10.1. The lowest BCUT2D eigenvalue weighted by Crippen LogP contribution is -2.30. The number of ether oxygens (including phenoxy) is 3. The number of carbonyl (C=O) groups is 2. The molecule has 0 aliphatic heterocycles. The Morgan fingerprint density at radius 1 is 1.07 bits per heavy atom. The zero-order valence-corrected chi connectivity index (χ0v) is 16.5. The highest BCUT2D eigenvalue weighted by molar-refractivity contribution is 9.10. The van der Waals surface area contributed by atoms with Gasteiger partial charge in [-0.15, -0.1) is 0 Å². The number of halogens is 2. The van der Waals surface area contributed by atoms with Gasteiger partial charge < -0.3 is 19.5 Å². The molecule has 0 bridgehead atoms. The molecule has 0 fully saturated rings. The van der Waals surface area contributed by atoms with Crippen LogP contribution in [0.4, 0.5) is 4.39 Å². The molecule has 0 radical (unpaired) electrons. The van der Waals surface area contributed by atoms with Gasteiger partial charge in [-0.05, 0) is 58.2 Å². The van der Waals surface area contributed by atoms with E-state index in [1.54, 1.807) is 20.3 Å². The molecule has 0 spiro atoms. The highest BCUT2D eigenvalue weighted by Crippen LogP contribution is 2.27. The number of methoxy groups -OCH3 is 2. The summed E-state index contributed by atoms with van der Waals surface area (Å²) in [5.41, 5.74) is 1.11. The maximum absolute atomic E-state index is 13.0. The van der Waals surface area contributed by atoms with Crippen molar-refractivity contribution in [2.75, 3.05) is 27.4 Å². The summed E-state index contributed by atoms with van der Waals surface area (Å²) in [5, 5.41) is 2.67. The average molecular weight is 440 g/mol. The molecule has 27 heavy (non-hydrogen) atoms. The molecular weight excluding hydrogens is 421 g/mol. The van der Waals surface area contributed by atoms with Crippen molar-refractivity contribution in [1.29, 1.82) is 0 Å². The second-order valence-electron chi connectivity index (χ2n) is 5.49. The molecule has 0 aliphatic carbocycles. The van der Waals surface area contributed by atoms with Gasteiger partial charge >= 0.3 is 5.97 Å². The molecule has 0 heterocycles. The van der Waals surface area contributed by atoms with Crippen LogP contribution in [0.25, 0.3) is 0 Å². The first kappa shape index (κ1) is 20.7. The minimum atomic E-state index is -0.711. The van der Waals surface area contributed by atoms with Gasteiger partial charge in [-0.1, -0.05) is 6.07 Å². The minimum Gasteiger partial charge on any atom is -0.493 e. The Labute approximate surface area is 164 Å². The molecule has 0 aliphatic rings. The van der Waals surface area contributed by atoms with Crippen LogP contribution < -0.4 is 14.8 Å².